The Morgan fingerprint density at radius 1 is 1.35 bits per heavy atom. The van der Waals surface area contributed by atoms with Crippen LogP contribution in [0.4, 0.5) is 10.1 Å². The lowest BCUT2D eigenvalue weighted by Crippen LogP contribution is -2.21. The second-order valence-corrected chi connectivity index (χ2v) is 4.67. The number of ether oxygens (including phenoxy) is 2. The van der Waals surface area contributed by atoms with Crippen molar-refractivity contribution in [2.45, 2.75) is 0 Å². The van der Waals surface area contributed by atoms with E-state index >= 15 is 0 Å². The number of carbonyl (C=O) groups is 2. The summed E-state index contributed by atoms with van der Waals surface area (Å²) in [5, 5.41) is 2.53. The first-order valence-electron chi connectivity index (χ1n) is 6.42. The molecule has 0 radical (unpaired) electrons. The van der Waals surface area contributed by atoms with Gasteiger partial charge in [0.05, 0.1) is 18.4 Å². The summed E-state index contributed by atoms with van der Waals surface area (Å²) >= 11 is 5.78. The van der Waals surface area contributed by atoms with Gasteiger partial charge >= 0.3 is 5.97 Å². The molecule has 0 unspecified atom stereocenters. The van der Waals surface area contributed by atoms with Crippen LogP contribution in [0.15, 0.2) is 36.5 Å². The topological polar surface area (TPSA) is 77.5 Å². The Labute approximate surface area is 136 Å². The smallest absolute Gasteiger partial charge is 0.341 e. The molecule has 2 aromatic rings. The minimum atomic E-state index is -0.961. The molecule has 1 amide bonds. The summed E-state index contributed by atoms with van der Waals surface area (Å²) < 4.78 is 23.3. The standard InChI is InChI=1S/C15H12ClFN2O4/c1-22-9-4-5-10(11(17)7-9)15(21)23-8-13(20)19-12-3-2-6-18-14(12)16/h2-7H,8H2,1H3,(H,19,20). The lowest BCUT2D eigenvalue weighted by Gasteiger charge is -2.08. The van der Waals surface area contributed by atoms with Crippen LogP contribution < -0.4 is 10.1 Å². The van der Waals surface area contributed by atoms with Crippen molar-refractivity contribution in [3.63, 3.8) is 0 Å². The van der Waals surface area contributed by atoms with E-state index in [1.165, 1.54) is 31.5 Å². The van der Waals surface area contributed by atoms with Gasteiger partial charge in [0.15, 0.2) is 11.8 Å². The van der Waals surface area contributed by atoms with Crippen LogP contribution >= 0.6 is 11.6 Å². The Hall–Kier alpha value is -2.67. The van der Waals surface area contributed by atoms with Crippen LogP contribution in [0.5, 0.6) is 5.75 Å². The molecule has 0 saturated heterocycles. The number of esters is 1. The van der Waals surface area contributed by atoms with Gasteiger partial charge in [-0.25, -0.2) is 14.2 Å². The van der Waals surface area contributed by atoms with E-state index < -0.39 is 24.3 Å². The van der Waals surface area contributed by atoms with E-state index in [-0.39, 0.29) is 22.2 Å². The van der Waals surface area contributed by atoms with Gasteiger partial charge in [0.25, 0.3) is 5.91 Å². The first kappa shape index (κ1) is 16.7. The van der Waals surface area contributed by atoms with Crippen LogP contribution in [0.2, 0.25) is 5.15 Å². The predicted octanol–water partition coefficient (Wildman–Crippen LogP) is 2.68. The number of rotatable bonds is 5. The van der Waals surface area contributed by atoms with Crippen molar-refractivity contribution in [1.82, 2.24) is 4.98 Å². The number of nitrogens with one attached hydrogen (secondary N) is 1. The number of methoxy groups -OCH3 is 1. The molecule has 23 heavy (non-hydrogen) atoms. The van der Waals surface area contributed by atoms with E-state index in [2.05, 4.69) is 10.3 Å². The largest absolute Gasteiger partial charge is 0.497 e. The van der Waals surface area contributed by atoms with Crippen molar-refractivity contribution in [2.24, 2.45) is 0 Å². The molecule has 1 aromatic carbocycles. The molecule has 0 spiro atoms. The molecule has 1 aromatic heterocycles. The Morgan fingerprint density at radius 2 is 2.13 bits per heavy atom. The van der Waals surface area contributed by atoms with Crippen molar-refractivity contribution in [3.8, 4) is 5.75 Å². The second kappa shape index (κ2) is 7.55. The van der Waals surface area contributed by atoms with E-state index in [4.69, 9.17) is 21.1 Å². The molecule has 120 valence electrons. The minimum absolute atomic E-state index is 0.105. The van der Waals surface area contributed by atoms with E-state index in [1.54, 1.807) is 6.07 Å². The first-order valence-corrected chi connectivity index (χ1v) is 6.80. The monoisotopic (exact) mass is 338 g/mol. The van der Waals surface area contributed by atoms with Gasteiger partial charge in [-0.15, -0.1) is 0 Å². The summed E-state index contributed by atoms with van der Waals surface area (Å²) in [4.78, 5) is 27.2. The quantitative estimate of drug-likeness (QED) is 0.670. The Morgan fingerprint density at radius 3 is 2.78 bits per heavy atom. The van der Waals surface area contributed by atoms with Gasteiger partial charge in [0.1, 0.15) is 11.6 Å². The average molecular weight is 339 g/mol. The van der Waals surface area contributed by atoms with Crippen molar-refractivity contribution in [2.75, 3.05) is 19.0 Å². The SMILES string of the molecule is COc1ccc(C(=O)OCC(=O)Nc2cccnc2Cl)c(F)c1. The summed E-state index contributed by atoms with van der Waals surface area (Å²) in [7, 11) is 1.38. The van der Waals surface area contributed by atoms with Gasteiger partial charge in [-0.05, 0) is 24.3 Å². The van der Waals surface area contributed by atoms with E-state index in [0.717, 1.165) is 6.07 Å². The zero-order valence-electron chi connectivity index (χ0n) is 12.0. The zero-order chi connectivity index (χ0) is 16.8. The average Bonchev–Trinajstić information content (AvgIpc) is 2.54. The Bertz CT molecular complexity index is 739. The van der Waals surface area contributed by atoms with Gasteiger partial charge in [0.2, 0.25) is 0 Å². The molecule has 2 rings (SSSR count). The van der Waals surface area contributed by atoms with Crippen molar-refractivity contribution in [3.05, 3.63) is 53.1 Å². The lowest BCUT2D eigenvalue weighted by molar-refractivity contribution is -0.119. The van der Waals surface area contributed by atoms with Crippen molar-refractivity contribution >= 4 is 29.2 Å². The van der Waals surface area contributed by atoms with E-state index in [9.17, 15) is 14.0 Å². The number of anilines is 1. The first-order chi connectivity index (χ1) is 11.0. The lowest BCUT2D eigenvalue weighted by atomic mass is 10.2. The van der Waals surface area contributed by atoms with Gasteiger partial charge in [-0.2, -0.15) is 0 Å². The van der Waals surface area contributed by atoms with Crippen LogP contribution in [0.3, 0.4) is 0 Å². The third-order valence-corrected chi connectivity index (χ3v) is 3.06. The number of aromatic nitrogens is 1. The van der Waals surface area contributed by atoms with E-state index in [1.807, 2.05) is 0 Å². The fourth-order valence-corrected chi connectivity index (χ4v) is 1.83. The summed E-state index contributed by atoms with van der Waals surface area (Å²) in [6, 6.07) is 6.80. The number of nitrogens with zero attached hydrogens (tertiary/aromatic N) is 1. The second-order valence-electron chi connectivity index (χ2n) is 4.31. The summed E-state index contributed by atoms with van der Waals surface area (Å²) in [6.07, 6.45) is 1.46. The molecule has 0 aliphatic rings. The number of hydrogen-bond acceptors (Lipinski definition) is 5. The number of carbonyl (C=O) groups excluding carboxylic acids is 2. The molecule has 0 bridgehead atoms. The van der Waals surface area contributed by atoms with Crippen molar-refractivity contribution in [1.29, 1.82) is 0 Å². The molecule has 8 heteroatoms. The minimum Gasteiger partial charge on any atom is -0.497 e. The fraction of sp³-hybridized carbons (Fsp3) is 0.133. The third kappa shape index (κ3) is 4.40. The highest BCUT2D eigenvalue weighted by Crippen LogP contribution is 2.18. The van der Waals surface area contributed by atoms with Gasteiger partial charge in [0, 0.05) is 12.3 Å². The maximum Gasteiger partial charge on any atom is 0.341 e. The maximum atomic E-state index is 13.7. The third-order valence-electron chi connectivity index (χ3n) is 2.76. The molecular weight excluding hydrogens is 327 g/mol. The molecular formula is C15H12ClFN2O4. The molecule has 0 aliphatic carbocycles. The number of pyridine rings is 1. The van der Waals surface area contributed by atoms with Crippen LogP contribution in [0.25, 0.3) is 0 Å². The highest BCUT2D eigenvalue weighted by atomic mass is 35.5. The predicted molar refractivity (Wildman–Crippen MR) is 81.1 cm³/mol. The summed E-state index contributed by atoms with van der Waals surface area (Å²) in [6.45, 7) is -0.588. The van der Waals surface area contributed by atoms with Crippen LogP contribution in [-0.2, 0) is 9.53 Å². The molecule has 0 fully saturated rings. The molecule has 1 heterocycles. The molecule has 0 saturated carbocycles. The molecule has 1 N–H and O–H groups in total. The number of halogens is 2. The van der Waals surface area contributed by atoms with Gasteiger partial charge in [-0.3, -0.25) is 4.79 Å². The summed E-state index contributed by atoms with van der Waals surface area (Å²) in [5.41, 5.74) is -0.0103. The summed E-state index contributed by atoms with van der Waals surface area (Å²) in [5.74, 6) is -2.12. The van der Waals surface area contributed by atoms with Crippen LogP contribution in [-0.4, -0.2) is 30.6 Å². The maximum absolute atomic E-state index is 13.7. The highest BCUT2D eigenvalue weighted by Gasteiger charge is 2.16. The number of amides is 1. The normalized spacial score (nSPS) is 10.0. The van der Waals surface area contributed by atoms with E-state index in [0.29, 0.717) is 0 Å². The van der Waals surface area contributed by atoms with Crippen molar-refractivity contribution < 1.29 is 23.5 Å². The van der Waals surface area contributed by atoms with Gasteiger partial charge < -0.3 is 14.8 Å². The molecule has 6 nitrogen and oxygen atoms in total. The molecule has 0 atom stereocenters. The number of benzene rings is 1. The van der Waals surface area contributed by atoms with Crippen LogP contribution in [0, 0.1) is 5.82 Å². The zero-order valence-corrected chi connectivity index (χ0v) is 12.8. The highest BCUT2D eigenvalue weighted by molar-refractivity contribution is 6.32. The fourth-order valence-electron chi connectivity index (χ4n) is 1.66. The van der Waals surface area contributed by atoms with Crippen LogP contribution in [0.1, 0.15) is 10.4 Å². The Kier molecular flexibility index (Phi) is 5.48. The Balaban J connectivity index is 1.94. The number of hydrogen-bond donors (Lipinski definition) is 1. The van der Waals surface area contributed by atoms with Gasteiger partial charge in [-0.1, -0.05) is 11.6 Å². The molecule has 0 aliphatic heterocycles.